The third-order valence-electron chi connectivity index (χ3n) is 6.20. The van der Waals surface area contributed by atoms with Crippen molar-refractivity contribution in [2.24, 2.45) is 5.92 Å². The lowest BCUT2D eigenvalue weighted by atomic mass is 9.97. The van der Waals surface area contributed by atoms with E-state index in [1.807, 2.05) is 31.0 Å². The van der Waals surface area contributed by atoms with Gasteiger partial charge < -0.3 is 19.9 Å². The largest absolute Gasteiger partial charge is 0.453 e. The second kappa shape index (κ2) is 9.95. The molecule has 8 heteroatoms. The lowest BCUT2D eigenvalue weighted by Crippen LogP contribution is -2.53. The molecule has 2 heterocycles. The van der Waals surface area contributed by atoms with E-state index >= 15 is 0 Å². The van der Waals surface area contributed by atoms with Gasteiger partial charge in [0.2, 0.25) is 5.91 Å². The van der Waals surface area contributed by atoms with E-state index in [-0.39, 0.29) is 17.9 Å². The lowest BCUT2D eigenvalue weighted by molar-refractivity contribution is -0.138. The SMILES string of the molecule is COC(=O)N[C@H](C(=O)N1CCCC[C@H]1c1ncc(-c2ccc3cc(Br)ccc3c2)[nH]1)C(C)C. The van der Waals surface area contributed by atoms with Crippen molar-refractivity contribution in [3.05, 3.63) is 52.9 Å². The van der Waals surface area contributed by atoms with Crippen LogP contribution in [0.25, 0.3) is 22.0 Å². The molecule has 0 spiro atoms. The van der Waals surface area contributed by atoms with E-state index in [0.29, 0.717) is 6.54 Å². The number of piperidine rings is 1. The minimum Gasteiger partial charge on any atom is -0.453 e. The molecule has 2 atom stereocenters. The number of carbonyl (C=O) groups excluding carboxylic acids is 2. The number of alkyl carbamates (subject to hydrolysis) is 1. The number of fused-ring (bicyclic) bond motifs is 1. The first-order valence-electron chi connectivity index (χ1n) is 11.3. The first kappa shape index (κ1) is 23.3. The molecule has 1 fully saturated rings. The monoisotopic (exact) mass is 512 g/mol. The smallest absolute Gasteiger partial charge is 0.407 e. The quantitative estimate of drug-likeness (QED) is 0.477. The number of rotatable bonds is 5. The molecule has 3 aromatic rings. The second-order valence-electron chi connectivity index (χ2n) is 8.79. The summed E-state index contributed by atoms with van der Waals surface area (Å²) in [5, 5.41) is 5.01. The Morgan fingerprint density at radius 2 is 1.94 bits per heavy atom. The zero-order valence-electron chi connectivity index (χ0n) is 19.1. The summed E-state index contributed by atoms with van der Waals surface area (Å²) in [4.78, 5) is 35.2. The number of imidazole rings is 1. The van der Waals surface area contributed by atoms with Crippen LogP contribution in [-0.4, -0.2) is 46.6 Å². The Bertz CT molecular complexity index is 1160. The van der Waals surface area contributed by atoms with Crippen LogP contribution in [0.15, 0.2) is 47.1 Å². The van der Waals surface area contributed by atoms with E-state index < -0.39 is 12.1 Å². The van der Waals surface area contributed by atoms with Crippen molar-refractivity contribution in [1.82, 2.24) is 20.2 Å². The van der Waals surface area contributed by atoms with Gasteiger partial charge in [-0.3, -0.25) is 4.79 Å². The normalized spacial score (nSPS) is 17.2. The molecular weight excluding hydrogens is 484 g/mol. The molecule has 1 aliphatic rings. The van der Waals surface area contributed by atoms with Gasteiger partial charge in [0.05, 0.1) is 25.0 Å². The summed E-state index contributed by atoms with van der Waals surface area (Å²) in [6.07, 6.45) is 4.01. The fourth-order valence-electron chi connectivity index (χ4n) is 4.39. The molecule has 33 heavy (non-hydrogen) atoms. The zero-order valence-corrected chi connectivity index (χ0v) is 20.7. The number of hydrogen-bond acceptors (Lipinski definition) is 4. The van der Waals surface area contributed by atoms with Crippen LogP contribution in [0, 0.1) is 5.92 Å². The molecule has 174 valence electrons. The Labute approximate surface area is 202 Å². The van der Waals surface area contributed by atoms with Gasteiger partial charge >= 0.3 is 6.09 Å². The van der Waals surface area contributed by atoms with Crippen LogP contribution in [0.4, 0.5) is 4.79 Å². The molecule has 4 rings (SSSR count). The number of methoxy groups -OCH3 is 1. The minimum absolute atomic E-state index is 0.0658. The Balaban J connectivity index is 1.59. The molecule has 2 N–H and O–H groups in total. The number of ether oxygens (including phenoxy) is 1. The number of likely N-dealkylation sites (tertiary alicyclic amines) is 1. The molecule has 2 amide bonds. The molecule has 1 aliphatic heterocycles. The molecular formula is C25H29BrN4O3. The number of benzene rings is 2. The van der Waals surface area contributed by atoms with Gasteiger partial charge in [0.1, 0.15) is 11.9 Å². The van der Waals surface area contributed by atoms with E-state index in [1.54, 1.807) is 0 Å². The summed E-state index contributed by atoms with van der Waals surface area (Å²) < 4.78 is 5.78. The number of H-pyrrole nitrogens is 1. The average molecular weight is 513 g/mol. The van der Waals surface area contributed by atoms with Gasteiger partial charge in [-0.1, -0.05) is 48.0 Å². The van der Waals surface area contributed by atoms with Crippen LogP contribution in [-0.2, 0) is 9.53 Å². The van der Waals surface area contributed by atoms with Gasteiger partial charge in [-0.05, 0) is 54.2 Å². The summed E-state index contributed by atoms with van der Waals surface area (Å²) in [6, 6.07) is 11.7. The number of aromatic amines is 1. The van der Waals surface area contributed by atoms with E-state index in [2.05, 4.69) is 61.5 Å². The highest BCUT2D eigenvalue weighted by Gasteiger charge is 2.36. The van der Waals surface area contributed by atoms with Gasteiger partial charge in [-0.25, -0.2) is 9.78 Å². The van der Waals surface area contributed by atoms with Gasteiger partial charge in [0.25, 0.3) is 0 Å². The number of nitrogens with zero attached hydrogens (tertiary/aromatic N) is 2. The standard InChI is InChI=1S/C25H29BrN4O3/c1-15(2)22(29-25(32)33-3)24(31)30-11-5-4-6-21(30)23-27-14-20(28-23)18-8-7-17-13-19(26)10-9-16(17)12-18/h7-10,12-15,21-22H,4-6,11H2,1-3H3,(H,27,28)(H,29,32)/t21-,22-/m0/s1. The maximum Gasteiger partial charge on any atom is 0.407 e. The number of hydrogen-bond donors (Lipinski definition) is 2. The van der Waals surface area contributed by atoms with E-state index in [0.717, 1.165) is 51.6 Å². The summed E-state index contributed by atoms with van der Waals surface area (Å²) >= 11 is 3.52. The predicted molar refractivity (Wildman–Crippen MR) is 132 cm³/mol. The molecule has 0 radical (unpaired) electrons. The third kappa shape index (κ3) is 5.05. The molecule has 1 saturated heterocycles. The Morgan fingerprint density at radius 3 is 2.70 bits per heavy atom. The number of carbonyl (C=O) groups is 2. The Morgan fingerprint density at radius 1 is 1.18 bits per heavy atom. The van der Waals surface area contributed by atoms with E-state index in [4.69, 9.17) is 4.74 Å². The molecule has 2 aromatic carbocycles. The topological polar surface area (TPSA) is 87.3 Å². The Kier molecular flexibility index (Phi) is 7.02. The Hall–Kier alpha value is -2.87. The van der Waals surface area contributed by atoms with Crippen LogP contribution < -0.4 is 5.32 Å². The maximum absolute atomic E-state index is 13.4. The molecule has 0 bridgehead atoms. The number of nitrogens with one attached hydrogen (secondary N) is 2. The number of amides is 2. The number of aromatic nitrogens is 2. The van der Waals surface area contributed by atoms with Crippen molar-refractivity contribution in [2.75, 3.05) is 13.7 Å². The third-order valence-corrected chi connectivity index (χ3v) is 6.69. The van der Waals surface area contributed by atoms with Crippen LogP contribution in [0.1, 0.15) is 45.0 Å². The van der Waals surface area contributed by atoms with Gasteiger partial charge in [0.15, 0.2) is 0 Å². The minimum atomic E-state index is -0.646. The lowest BCUT2D eigenvalue weighted by Gasteiger charge is -2.37. The molecule has 1 aromatic heterocycles. The van der Waals surface area contributed by atoms with Crippen LogP contribution in [0.3, 0.4) is 0 Å². The second-order valence-corrected chi connectivity index (χ2v) is 9.70. The van der Waals surface area contributed by atoms with Crippen molar-refractivity contribution < 1.29 is 14.3 Å². The van der Waals surface area contributed by atoms with Gasteiger partial charge in [0, 0.05) is 16.6 Å². The van der Waals surface area contributed by atoms with Gasteiger partial charge in [-0.15, -0.1) is 0 Å². The first-order valence-corrected chi connectivity index (χ1v) is 12.1. The van der Waals surface area contributed by atoms with Crippen LogP contribution >= 0.6 is 15.9 Å². The van der Waals surface area contributed by atoms with Crippen molar-refractivity contribution in [3.8, 4) is 11.3 Å². The van der Waals surface area contributed by atoms with Crippen molar-refractivity contribution >= 4 is 38.7 Å². The van der Waals surface area contributed by atoms with Crippen LogP contribution in [0.5, 0.6) is 0 Å². The summed E-state index contributed by atoms with van der Waals surface area (Å²) in [7, 11) is 1.30. The van der Waals surface area contributed by atoms with E-state index in [9.17, 15) is 9.59 Å². The molecule has 7 nitrogen and oxygen atoms in total. The first-order chi connectivity index (χ1) is 15.9. The highest BCUT2D eigenvalue weighted by molar-refractivity contribution is 9.10. The summed E-state index contributed by atoms with van der Waals surface area (Å²) in [5.74, 6) is 0.604. The van der Waals surface area contributed by atoms with Gasteiger partial charge in [-0.2, -0.15) is 0 Å². The molecule has 0 aliphatic carbocycles. The van der Waals surface area contributed by atoms with Crippen molar-refractivity contribution in [2.45, 2.75) is 45.2 Å². The predicted octanol–water partition coefficient (Wildman–Crippen LogP) is 5.43. The van der Waals surface area contributed by atoms with Crippen molar-refractivity contribution in [1.29, 1.82) is 0 Å². The highest BCUT2D eigenvalue weighted by Crippen LogP contribution is 2.32. The van der Waals surface area contributed by atoms with Crippen LogP contribution in [0.2, 0.25) is 0 Å². The fraction of sp³-hybridized carbons (Fsp3) is 0.400. The summed E-state index contributed by atoms with van der Waals surface area (Å²) in [6.45, 7) is 4.47. The fourth-order valence-corrected chi connectivity index (χ4v) is 4.77. The average Bonchev–Trinajstić information content (AvgIpc) is 3.31. The van der Waals surface area contributed by atoms with E-state index in [1.165, 1.54) is 7.11 Å². The maximum atomic E-state index is 13.4. The molecule has 0 saturated carbocycles. The number of halogens is 1. The highest BCUT2D eigenvalue weighted by atomic mass is 79.9. The summed E-state index contributed by atoms with van der Waals surface area (Å²) in [5.41, 5.74) is 1.96. The zero-order chi connectivity index (χ0) is 23.5. The van der Waals surface area contributed by atoms with Crippen molar-refractivity contribution in [3.63, 3.8) is 0 Å². The molecule has 0 unspecified atom stereocenters.